The van der Waals surface area contributed by atoms with Gasteiger partial charge in [0.2, 0.25) is 0 Å². The van der Waals surface area contributed by atoms with E-state index in [1.165, 1.54) is 6.21 Å². The molecule has 0 spiro atoms. The first-order valence-corrected chi connectivity index (χ1v) is 11.0. The number of nitriles is 1. The third-order valence-corrected chi connectivity index (χ3v) is 5.28. The van der Waals surface area contributed by atoms with Crippen LogP contribution >= 0.6 is 0 Å². The van der Waals surface area contributed by atoms with Gasteiger partial charge in [-0.05, 0) is 59.7 Å². The van der Waals surface area contributed by atoms with Crippen molar-refractivity contribution in [1.82, 2.24) is 5.43 Å². The maximum Gasteiger partial charge on any atom is 0.275 e. The lowest BCUT2D eigenvalue weighted by Crippen LogP contribution is -2.17. The zero-order valence-electron chi connectivity index (χ0n) is 19.1. The highest BCUT2D eigenvalue weighted by molar-refractivity contribution is 6.01. The molecule has 0 saturated carbocycles. The van der Waals surface area contributed by atoms with E-state index in [1.807, 2.05) is 49.4 Å². The van der Waals surface area contributed by atoms with E-state index < -0.39 is 5.91 Å². The number of phenolic OH excluding ortho intramolecular Hbond substituents is 1. The van der Waals surface area contributed by atoms with E-state index in [9.17, 15) is 15.2 Å². The maximum atomic E-state index is 12.5. The van der Waals surface area contributed by atoms with Crippen LogP contribution in [0.25, 0.3) is 10.8 Å². The number of nitrogens with zero attached hydrogens (tertiary/aromatic N) is 2. The van der Waals surface area contributed by atoms with Gasteiger partial charge in [0.1, 0.15) is 12.4 Å². The van der Waals surface area contributed by atoms with Gasteiger partial charge in [0.05, 0.1) is 30.0 Å². The molecule has 7 heteroatoms. The van der Waals surface area contributed by atoms with Crippen molar-refractivity contribution in [3.8, 4) is 23.3 Å². The van der Waals surface area contributed by atoms with Gasteiger partial charge in [0, 0.05) is 5.56 Å². The summed E-state index contributed by atoms with van der Waals surface area (Å²) in [7, 11) is 0. The monoisotopic (exact) mass is 465 g/mol. The van der Waals surface area contributed by atoms with Crippen LogP contribution in [0.3, 0.4) is 0 Å². The third-order valence-electron chi connectivity index (χ3n) is 5.28. The molecule has 174 valence electrons. The SMILES string of the molecule is CCOc1cc(C=NNC(=O)c2cc3ccccc3cc2O)ccc1OCc1ccccc1C#N. The fourth-order valence-electron chi connectivity index (χ4n) is 3.54. The van der Waals surface area contributed by atoms with Gasteiger partial charge in [-0.1, -0.05) is 42.5 Å². The van der Waals surface area contributed by atoms with E-state index in [-0.39, 0.29) is 17.9 Å². The molecule has 0 aliphatic carbocycles. The van der Waals surface area contributed by atoms with E-state index in [1.54, 1.807) is 36.4 Å². The van der Waals surface area contributed by atoms with Crippen LogP contribution in [-0.4, -0.2) is 23.8 Å². The molecule has 1 amide bonds. The average molecular weight is 466 g/mol. The summed E-state index contributed by atoms with van der Waals surface area (Å²) >= 11 is 0. The minimum atomic E-state index is -0.523. The number of nitrogens with one attached hydrogen (secondary N) is 1. The van der Waals surface area contributed by atoms with E-state index in [2.05, 4.69) is 16.6 Å². The second-order valence-corrected chi connectivity index (χ2v) is 7.61. The largest absolute Gasteiger partial charge is 0.507 e. The molecule has 0 radical (unpaired) electrons. The number of fused-ring (bicyclic) bond motifs is 1. The topological polar surface area (TPSA) is 104 Å². The lowest BCUT2D eigenvalue weighted by atomic mass is 10.1. The lowest BCUT2D eigenvalue weighted by Gasteiger charge is -2.13. The number of ether oxygens (including phenoxy) is 2. The van der Waals surface area contributed by atoms with Crippen molar-refractivity contribution in [3.05, 3.63) is 101 Å². The predicted octanol–water partition coefficient (Wildman–Crippen LogP) is 5.16. The van der Waals surface area contributed by atoms with Gasteiger partial charge < -0.3 is 14.6 Å². The molecule has 0 aliphatic heterocycles. The number of amides is 1. The van der Waals surface area contributed by atoms with Gasteiger partial charge in [0.15, 0.2) is 11.5 Å². The van der Waals surface area contributed by atoms with Crippen molar-refractivity contribution in [3.63, 3.8) is 0 Å². The summed E-state index contributed by atoms with van der Waals surface area (Å²) in [5, 5.41) is 25.2. The van der Waals surface area contributed by atoms with Gasteiger partial charge in [-0.25, -0.2) is 5.43 Å². The van der Waals surface area contributed by atoms with Crippen molar-refractivity contribution in [2.75, 3.05) is 6.61 Å². The van der Waals surface area contributed by atoms with Crippen molar-refractivity contribution in [1.29, 1.82) is 5.26 Å². The molecule has 0 aliphatic rings. The summed E-state index contributed by atoms with van der Waals surface area (Å²) in [6.45, 7) is 2.53. The van der Waals surface area contributed by atoms with E-state index >= 15 is 0 Å². The van der Waals surface area contributed by atoms with Gasteiger partial charge in [-0.2, -0.15) is 10.4 Å². The quantitative estimate of drug-likeness (QED) is 0.276. The van der Waals surface area contributed by atoms with Gasteiger partial charge in [-0.15, -0.1) is 0 Å². The van der Waals surface area contributed by atoms with Crippen molar-refractivity contribution in [2.45, 2.75) is 13.5 Å². The van der Waals surface area contributed by atoms with E-state index in [4.69, 9.17) is 9.47 Å². The van der Waals surface area contributed by atoms with Crippen molar-refractivity contribution >= 4 is 22.9 Å². The first-order chi connectivity index (χ1) is 17.1. The summed E-state index contributed by atoms with van der Waals surface area (Å²) in [5.41, 5.74) is 4.60. The Morgan fingerprint density at radius 3 is 2.51 bits per heavy atom. The molecule has 2 N–H and O–H groups in total. The summed E-state index contributed by atoms with van der Waals surface area (Å²) in [4.78, 5) is 12.5. The Morgan fingerprint density at radius 2 is 1.74 bits per heavy atom. The molecule has 0 atom stereocenters. The third kappa shape index (κ3) is 5.57. The smallest absolute Gasteiger partial charge is 0.275 e. The van der Waals surface area contributed by atoms with Gasteiger partial charge in [0.25, 0.3) is 5.91 Å². The zero-order chi connectivity index (χ0) is 24.6. The van der Waals surface area contributed by atoms with Crippen LogP contribution in [0, 0.1) is 11.3 Å². The Kier molecular flexibility index (Phi) is 7.24. The molecule has 7 nitrogen and oxygen atoms in total. The minimum Gasteiger partial charge on any atom is -0.507 e. The first kappa shape index (κ1) is 23.3. The Hall–Kier alpha value is -4.83. The van der Waals surface area contributed by atoms with Crippen LogP contribution < -0.4 is 14.9 Å². The number of hydrogen-bond acceptors (Lipinski definition) is 6. The molecule has 4 rings (SSSR count). The molecule has 35 heavy (non-hydrogen) atoms. The fourth-order valence-corrected chi connectivity index (χ4v) is 3.54. The molecule has 0 aromatic heterocycles. The van der Waals surface area contributed by atoms with E-state index in [0.717, 1.165) is 16.3 Å². The molecule has 0 bridgehead atoms. The van der Waals surface area contributed by atoms with Crippen LogP contribution in [-0.2, 0) is 6.61 Å². The Morgan fingerprint density at radius 1 is 1.00 bits per heavy atom. The molecule has 4 aromatic carbocycles. The number of hydrazone groups is 1. The van der Waals surface area contributed by atoms with Gasteiger partial charge >= 0.3 is 0 Å². The zero-order valence-corrected chi connectivity index (χ0v) is 19.1. The molecule has 0 fully saturated rings. The molecular weight excluding hydrogens is 442 g/mol. The molecule has 0 heterocycles. The normalized spacial score (nSPS) is 10.7. The minimum absolute atomic E-state index is 0.116. The number of benzene rings is 4. The second kappa shape index (κ2) is 10.9. The van der Waals surface area contributed by atoms with Crippen LogP contribution in [0.15, 0.2) is 84.0 Å². The molecule has 4 aromatic rings. The summed E-state index contributed by atoms with van der Waals surface area (Å²) < 4.78 is 11.6. The number of rotatable bonds is 8. The second-order valence-electron chi connectivity index (χ2n) is 7.61. The summed E-state index contributed by atoms with van der Waals surface area (Å²) in [6.07, 6.45) is 1.48. The lowest BCUT2D eigenvalue weighted by molar-refractivity contribution is 0.0952. The van der Waals surface area contributed by atoms with Gasteiger partial charge in [-0.3, -0.25) is 4.79 Å². The highest BCUT2D eigenvalue weighted by Crippen LogP contribution is 2.29. The van der Waals surface area contributed by atoms with Crippen LogP contribution in [0.5, 0.6) is 17.2 Å². The van der Waals surface area contributed by atoms with Crippen molar-refractivity contribution < 1.29 is 19.4 Å². The van der Waals surface area contributed by atoms with Crippen LogP contribution in [0.1, 0.15) is 34.0 Å². The Bertz CT molecular complexity index is 1440. The Labute approximate surface area is 202 Å². The first-order valence-electron chi connectivity index (χ1n) is 11.0. The number of carbonyl (C=O) groups excluding carboxylic acids is 1. The number of carbonyl (C=O) groups is 1. The fraction of sp³-hybridized carbons (Fsp3) is 0.107. The maximum absolute atomic E-state index is 12.5. The molecule has 0 unspecified atom stereocenters. The number of hydrogen-bond donors (Lipinski definition) is 2. The highest BCUT2D eigenvalue weighted by atomic mass is 16.5. The highest BCUT2D eigenvalue weighted by Gasteiger charge is 2.12. The summed E-state index contributed by atoms with van der Waals surface area (Å²) in [6, 6.07) is 25.3. The average Bonchev–Trinajstić information content (AvgIpc) is 2.88. The van der Waals surface area contributed by atoms with Crippen LogP contribution in [0.4, 0.5) is 0 Å². The van der Waals surface area contributed by atoms with Crippen LogP contribution in [0.2, 0.25) is 0 Å². The summed E-state index contributed by atoms with van der Waals surface area (Å²) in [5.74, 6) is 0.409. The van der Waals surface area contributed by atoms with Crippen molar-refractivity contribution in [2.24, 2.45) is 5.10 Å². The number of aromatic hydroxyl groups is 1. The number of phenols is 1. The molecular formula is C28H23N3O4. The predicted molar refractivity (Wildman–Crippen MR) is 134 cm³/mol. The Balaban J connectivity index is 1.46. The van der Waals surface area contributed by atoms with E-state index in [0.29, 0.717) is 29.2 Å². The standard InChI is InChI=1S/C28H23N3O4/c1-2-34-27-13-19(11-12-26(27)35-18-23-10-6-5-9-22(23)16-29)17-30-31-28(33)24-14-20-7-3-4-8-21(20)15-25(24)32/h3-15,17,32H,2,18H2,1H3,(H,31,33). The molecule has 0 saturated heterocycles.